The average molecular weight is 402 g/mol. The highest BCUT2D eigenvalue weighted by molar-refractivity contribution is 5.95. The number of nitro benzene ring substituents is 1. The minimum absolute atomic E-state index is 0.0903. The number of rotatable bonds is 6. The molecule has 0 aromatic heterocycles. The largest absolute Gasteiger partial charge is 0.475 e. The molecule has 1 heterocycles. The van der Waals surface area contributed by atoms with Gasteiger partial charge in [-0.1, -0.05) is 48.5 Å². The highest BCUT2D eigenvalue weighted by Crippen LogP contribution is 2.29. The van der Waals surface area contributed by atoms with E-state index in [4.69, 9.17) is 9.47 Å². The molecule has 4 rings (SSSR count). The molecule has 0 unspecified atom stereocenters. The zero-order chi connectivity index (χ0) is 20.9. The Bertz CT molecular complexity index is 1070. The predicted octanol–water partition coefficient (Wildman–Crippen LogP) is 4.34. The number of hydrogen-bond donors (Lipinski definition) is 0. The number of nitro groups is 1. The second-order valence-corrected chi connectivity index (χ2v) is 6.72. The van der Waals surface area contributed by atoms with Crippen LogP contribution in [-0.2, 0) is 9.47 Å². The van der Waals surface area contributed by atoms with E-state index in [1.165, 1.54) is 24.3 Å². The molecule has 0 bridgehead atoms. The molecule has 0 spiro atoms. The van der Waals surface area contributed by atoms with E-state index in [0.717, 1.165) is 11.1 Å². The highest BCUT2D eigenvalue weighted by atomic mass is 16.6. The van der Waals surface area contributed by atoms with Crippen molar-refractivity contribution in [1.29, 1.82) is 0 Å². The molecule has 7 heteroatoms. The van der Waals surface area contributed by atoms with Gasteiger partial charge in [0.1, 0.15) is 12.6 Å². The van der Waals surface area contributed by atoms with E-state index in [0.29, 0.717) is 5.90 Å². The molecule has 0 fully saturated rings. The maximum absolute atomic E-state index is 12.7. The van der Waals surface area contributed by atoms with Gasteiger partial charge in [-0.2, -0.15) is 0 Å². The molecule has 1 aliphatic heterocycles. The first-order valence-electron chi connectivity index (χ1n) is 9.38. The van der Waals surface area contributed by atoms with Crippen LogP contribution in [0.5, 0.6) is 0 Å². The Kier molecular flexibility index (Phi) is 5.52. The van der Waals surface area contributed by atoms with E-state index < -0.39 is 23.0 Å². The molecule has 7 nitrogen and oxygen atoms in total. The normalized spacial score (nSPS) is 16.3. The lowest BCUT2D eigenvalue weighted by molar-refractivity contribution is -0.384. The summed E-state index contributed by atoms with van der Waals surface area (Å²) in [5, 5.41) is 10.8. The first-order chi connectivity index (χ1) is 14.6. The number of nitrogens with zero attached hydrogens (tertiary/aromatic N) is 2. The van der Waals surface area contributed by atoms with E-state index in [2.05, 4.69) is 4.99 Å². The molecule has 150 valence electrons. The molecule has 2 atom stereocenters. The van der Waals surface area contributed by atoms with E-state index >= 15 is 0 Å². The van der Waals surface area contributed by atoms with E-state index in [1.807, 2.05) is 60.7 Å². The van der Waals surface area contributed by atoms with E-state index in [1.54, 1.807) is 0 Å². The molecular weight excluding hydrogens is 384 g/mol. The van der Waals surface area contributed by atoms with Crippen LogP contribution in [0.3, 0.4) is 0 Å². The van der Waals surface area contributed by atoms with Crippen molar-refractivity contribution in [3.05, 3.63) is 112 Å². The standard InChI is InChI=1S/C23H18N2O5/c26-23(18-11-13-19(14-12-18)25(27)28)30-21(16-7-3-1-4-8-16)20-15-29-22(24-20)17-9-5-2-6-10-17/h1-14,20-21H,15H2/t20-,21+/m0/s1. The van der Waals surface area contributed by atoms with Crippen LogP contribution in [-0.4, -0.2) is 29.4 Å². The third kappa shape index (κ3) is 4.20. The van der Waals surface area contributed by atoms with Crippen LogP contribution in [0.2, 0.25) is 0 Å². The van der Waals surface area contributed by atoms with Crippen LogP contribution in [0.1, 0.15) is 27.6 Å². The number of ether oxygens (including phenoxy) is 2. The lowest BCUT2D eigenvalue weighted by Gasteiger charge is -2.21. The average Bonchev–Trinajstić information content (AvgIpc) is 3.28. The number of carbonyl (C=O) groups is 1. The van der Waals surface area contributed by atoms with Crippen LogP contribution in [0.4, 0.5) is 5.69 Å². The number of non-ortho nitro benzene ring substituents is 1. The summed E-state index contributed by atoms with van der Waals surface area (Å²) >= 11 is 0. The van der Waals surface area contributed by atoms with Gasteiger partial charge in [0, 0.05) is 17.7 Å². The number of benzene rings is 3. The smallest absolute Gasteiger partial charge is 0.338 e. The molecule has 0 N–H and O–H groups in total. The van der Waals surface area contributed by atoms with Crippen molar-refractivity contribution in [3.8, 4) is 0 Å². The van der Waals surface area contributed by atoms with Crippen molar-refractivity contribution in [3.63, 3.8) is 0 Å². The van der Waals surface area contributed by atoms with Gasteiger partial charge in [-0.15, -0.1) is 0 Å². The Balaban J connectivity index is 1.59. The first kappa shape index (κ1) is 19.3. The van der Waals surface area contributed by atoms with Gasteiger partial charge in [-0.3, -0.25) is 10.1 Å². The fraction of sp³-hybridized carbons (Fsp3) is 0.130. The molecule has 0 amide bonds. The summed E-state index contributed by atoms with van der Waals surface area (Å²) in [4.78, 5) is 27.7. The first-order valence-corrected chi connectivity index (χ1v) is 9.38. The van der Waals surface area contributed by atoms with Gasteiger partial charge in [0.2, 0.25) is 5.90 Å². The Morgan fingerprint density at radius 1 is 1.00 bits per heavy atom. The maximum atomic E-state index is 12.7. The number of aliphatic imine (C=N–C) groups is 1. The lowest BCUT2D eigenvalue weighted by Crippen LogP contribution is -2.24. The third-order valence-corrected chi connectivity index (χ3v) is 4.72. The Hall–Kier alpha value is -4.00. The van der Waals surface area contributed by atoms with Crippen molar-refractivity contribution in [2.45, 2.75) is 12.1 Å². The predicted molar refractivity (Wildman–Crippen MR) is 110 cm³/mol. The number of carbonyl (C=O) groups excluding carboxylic acids is 1. The molecule has 0 saturated heterocycles. The lowest BCUT2D eigenvalue weighted by atomic mass is 10.0. The summed E-state index contributed by atoms with van der Waals surface area (Å²) in [5.74, 6) is -0.0740. The number of esters is 1. The molecule has 3 aromatic carbocycles. The van der Waals surface area contributed by atoms with Crippen molar-refractivity contribution in [2.24, 2.45) is 4.99 Å². The third-order valence-electron chi connectivity index (χ3n) is 4.72. The molecule has 0 radical (unpaired) electrons. The second-order valence-electron chi connectivity index (χ2n) is 6.72. The highest BCUT2D eigenvalue weighted by Gasteiger charge is 2.32. The van der Waals surface area contributed by atoms with Crippen molar-refractivity contribution in [1.82, 2.24) is 0 Å². The Labute approximate surface area is 172 Å². The molecule has 1 aliphatic rings. The van der Waals surface area contributed by atoms with E-state index in [-0.39, 0.29) is 17.9 Å². The van der Waals surface area contributed by atoms with Gasteiger partial charge < -0.3 is 9.47 Å². The van der Waals surface area contributed by atoms with Crippen molar-refractivity contribution >= 4 is 17.6 Å². The summed E-state index contributed by atoms with van der Waals surface area (Å²) < 4.78 is 11.6. The number of hydrogen-bond acceptors (Lipinski definition) is 6. The zero-order valence-electron chi connectivity index (χ0n) is 15.9. The van der Waals surface area contributed by atoms with E-state index in [9.17, 15) is 14.9 Å². The SMILES string of the molecule is O=C(O[C@H](c1ccccc1)[C@@H]1COC(c2ccccc2)=N1)c1ccc([N+](=O)[O-])cc1. The second kappa shape index (κ2) is 8.57. The molecule has 0 aliphatic carbocycles. The Morgan fingerprint density at radius 2 is 1.63 bits per heavy atom. The van der Waals surface area contributed by atoms with Gasteiger partial charge >= 0.3 is 5.97 Å². The van der Waals surface area contributed by atoms with Gasteiger partial charge in [0.25, 0.3) is 5.69 Å². The summed E-state index contributed by atoms with van der Waals surface area (Å²) in [6, 6.07) is 23.8. The summed E-state index contributed by atoms with van der Waals surface area (Å²) in [6.45, 7) is 0.275. The fourth-order valence-corrected chi connectivity index (χ4v) is 3.20. The maximum Gasteiger partial charge on any atom is 0.338 e. The van der Waals surface area contributed by atoms with Crippen LogP contribution in [0.15, 0.2) is 89.9 Å². The molecule has 30 heavy (non-hydrogen) atoms. The van der Waals surface area contributed by atoms with Crippen LogP contribution < -0.4 is 0 Å². The molecular formula is C23H18N2O5. The minimum atomic E-state index is -0.657. The molecule has 0 saturated carbocycles. The van der Waals surface area contributed by atoms with Gasteiger partial charge in [0.05, 0.1) is 10.5 Å². The van der Waals surface area contributed by atoms with Crippen molar-refractivity contribution in [2.75, 3.05) is 6.61 Å². The van der Waals surface area contributed by atoms with Gasteiger partial charge in [-0.05, 0) is 29.8 Å². The monoisotopic (exact) mass is 402 g/mol. The van der Waals surface area contributed by atoms with Crippen LogP contribution in [0.25, 0.3) is 0 Å². The quantitative estimate of drug-likeness (QED) is 0.348. The summed E-state index contributed by atoms with van der Waals surface area (Å²) in [6.07, 6.45) is -0.657. The van der Waals surface area contributed by atoms with Gasteiger partial charge in [-0.25, -0.2) is 9.79 Å². The zero-order valence-corrected chi connectivity index (χ0v) is 15.9. The molecule has 3 aromatic rings. The van der Waals surface area contributed by atoms with Gasteiger partial charge in [0.15, 0.2) is 6.10 Å². The summed E-state index contributed by atoms with van der Waals surface area (Å²) in [5.41, 5.74) is 1.79. The summed E-state index contributed by atoms with van der Waals surface area (Å²) in [7, 11) is 0. The fourth-order valence-electron chi connectivity index (χ4n) is 3.20. The van der Waals surface area contributed by atoms with Crippen molar-refractivity contribution < 1.29 is 19.2 Å². The topological polar surface area (TPSA) is 91.0 Å². The minimum Gasteiger partial charge on any atom is -0.475 e. The van der Waals surface area contributed by atoms with Crippen LogP contribution in [0, 0.1) is 10.1 Å². The Morgan fingerprint density at radius 3 is 2.27 bits per heavy atom. The van der Waals surface area contributed by atoms with Crippen LogP contribution >= 0.6 is 0 Å².